The Morgan fingerprint density at radius 1 is 0.543 bits per heavy atom. The van der Waals surface area contributed by atoms with Crippen molar-refractivity contribution in [2.45, 2.75) is 147 Å². The van der Waals surface area contributed by atoms with Gasteiger partial charge in [-0.3, -0.25) is 0 Å². The fourth-order valence-electron chi connectivity index (χ4n) is 4.69. The molecule has 0 aliphatic heterocycles. The SMILES string of the molecule is CCCCCCCCCCCCN(CCCCCCCCCCCC)S(=O)(=O)c1ccc(N)cc1. The minimum Gasteiger partial charge on any atom is -0.399 e. The van der Waals surface area contributed by atoms with Crippen LogP contribution in [0.25, 0.3) is 0 Å². The highest BCUT2D eigenvalue weighted by molar-refractivity contribution is 7.89. The Morgan fingerprint density at radius 2 is 0.857 bits per heavy atom. The number of hydrogen-bond acceptors (Lipinski definition) is 3. The Hall–Kier alpha value is -1.07. The molecule has 0 saturated carbocycles. The molecule has 0 amide bonds. The van der Waals surface area contributed by atoms with Crippen LogP contribution in [0.3, 0.4) is 0 Å². The van der Waals surface area contributed by atoms with Crippen LogP contribution in [-0.2, 0) is 10.0 Å². The summed E-state index contributed by atoms with van der Waals surface area (Å²) in [6.45, 7) is 5.77. The average molecular weight is 509 g/mol. The summed E-state index contributed by atoms with van der Waals surface area (Å²) in [5, 5.41) is 0. The van der Waals surface area contributed by atoms with Crippen molar-refractivity contribution in [2.75, 3.05) is 18.8 Å². The minimum absolute atomic E-state index is 0.367. The van der Waals surface area contributed by atoms with Crippen molar-refractivity contribution in [1.82, 2.24) is 4.31 Å². The summed E-state index contributed by atoms with van der Waals surface area (Å²) in [6.07, 6.45) is 25.2. The fraction of sp³-hybridized carbons (Fsp3) is 0.800. The molecule has 0 radical (unpaired) electrons. The highest BCUT2D eigenvalue weighted by atomic mass is 32.2. The summed E-state index contributed by atoms with van der Waals surface area (Å²) in [6, 6.07) is 6.67. The van der Waals surface area contributed by atoms with Crippen molar-refractivity contribution in [3.05, 3.63) is 24.3 Å². The van der Waals surface area contributed by atoms with E-state index < -0.39 is 10.0 Å². The van der Waals surface area contributed by atoms with Crippen LogP contribution in [-0.4, -0.2) is 25.8 Å². The topological polar surface area (TPSA) is 63.4 Å². The monoisotopic (exact) mass is 508 g/mol. The summed E-state index contributed by atoms with van der Waals surface area (Å²) in [5.74, 6) is 0. The van der Waals surface area contributed by atoms with Gasteiger partial charge in [0.1, 0.15) is 0 Å². The van der Waals surface area contributed by atoms with Crippen LogP contribution in [0, 0.1) is 0 Å². The van der Waals surface area contributed by atoms with E-state index in [1.807, 2.05) is 0 Å². The van der Waals surface area contributed by atoms with Crippen molar-refractivity contribution in [3.63, 3.8) is 0 Å². The standard InChI is InChI=1S/C30H56N2O2S/c1-3-5-7-9-11-13-15-17-19-21-27-32(35(33,34)30-25-23-29(31)24-26-30)28-22-20-18-16-14-12-10-8-6-4-2/h23-26H,3-22,27-28,31H2,1-2H3. The Morgan fingerprint density at radius 3 is 1.20 bits per heavy atom. The largest absolute Gasteiger partial charge is 0.399 e. The average Bonchev–Trinajstić information content (AvgIpc) is 2.85. The fourth-order valence-corrected chi connectivity index (χ4v) is 6.21. The molecule has 4 nitrogen and oxygen atoms in total. The van der Waals surface area contributed by atoms with Crippen LogP contribution in [0.1, 0.15) is 142 Å². The molecule has 2 N–H and O–H groups in total. The van der Waals surface area contributed by atoms with E-state index in [4.69, 9.17) is 5.73 Å². The maximum absolute atomic E-state index is 13.3. The molecule has 204 valence electrons. The van der Waals surface area contributed by atoms with Crippen LogP contribution in [0.4, 0.5) is 5.69 Å². The van der Waals surface area contributed by atoms with Crippen molar-refractivity contribution < 1.29 is 8.42 Å². The third-order valence-electron chi connectivity index (χ3n) is 7.04. The first kappa shape index (κ1) is 32.0. The molecule has 0 unspecified atom stereocenters. The molecule has 0 spiro atoms. The molecular weight excluding hydrogens is 452 g/mol. The third kappa shape index (κ3) is 15.6. The van der Waals surface area contributed by atoms with Crippen LogP contribution in [0.15, 0.2) is 29.2 Å². The normalized spacial score (nSPS) is 12.0. The van der Waals surface area contributed by atoms with Gasteiger partial charge in [-0.05, 0) is 37.1 Å². The zero-order valence-corrected chi connectivity index (χ0v) is 23.9. The molecule has 35 heavy (non-hydrogen) atoms. The maximum Gasteiger partial charge on any atom is 0.243 e. The molecule has 5 heteroatoms. The third-order valence-corrected chi connectivity index (χ3v) is 8.95. The van der Waals surface area contributed by atoms with Crippen molar-refractivity contribution >= 4 is 15.7 Å². The predicted octanol–water partition coefficient (Wildman–Crippen LogP) is 9.10. The Balaban J connectivity index is 2.38. The van der Waals surface area contributed by atoms with E-state index in [0.29, 0.717) is 23.7 Å². The van der Waals surface area contributed by atoms with E-state index in [1.54, 1.807) is 28.6 Å². The molecule has 0 aromatic heterocycles. The van der Waals surface area contributed by atoms with E-state index in [0.717, 1.165) is 25.7 Å². The van der Waals surface area contributed by atoms with Crippen LogP contribution in [0.2, 0.25) is 0 Å². The first-order valence-electron chi connectivity index (χ1n) is 14.9. The number of anilines is 1. The number of benzene rings is 1. The van der Waals surface area contributed by atoms with Crippen LogP contribution < -0.4 is 5.73 Å². The van der Waals surface area contributed by atoms with Gasteiger partial charge in [0.15, 0.2) is 0 Å². The zero-order valence-electron chi connectivity index (χ0n) is 23.1. The van der Waals surface area contributed by atoms with Crippen LogP contribution in [0.5, 0.6) is 0 Å². The minimum atomic E-state index is -3.46. The van der Waals surface area contributed by atoms with Crippen molar-refractivity contribution in [3.8, 4) is 0 Å². The van der Waals surface area contributed by atoms with Gasteiger partial charge in [0.05, 0.1) is 4.90 Å². The molecular formula is C30H56N2O2S. The van der Waals surface area contributed by atoms with Gasteiger partial charge in [-0.2, -0.15) is 4.31 Å². The van der Waals surface area contributed by atoms with Gasteiger partial charge >= 0.3 is 0 Å². The van der Waals surface area contributed by atoms with Crippen molar-refractivity contribution in [1.29, 1.82) is 0 Å². The van der Waals surface area contributed by atoms with Gasteiger partial charge in [0.25, 0.3) is 0 Å². The lowest BCUT2D eigenvalue weighted by atomic mass is 10.1. The second kappa shape index (κ2) is 21.1. The van der Waals surface area contributed by atoms with Gasteiger partial charge < -0.3 is 5.73 Å². The molecule has 0 fully saturated rings. The predicted molar refractivity (Wildman–Crippen MR) is 153 cm³/mol. The lowest BCUT2D eigenvalue weighted by Gasteiger charge is -2.22. The number of unbranched alkanes of at least 4 members (excludes halogenated alkanes) is 18. The first-order chi connectivity index (χ1) is 17.0. The highest BCUT2D eigenvalue weighted by Gasteiger charge is 2.23. The van der Waals surface area contributed by atoms with E-state index in [-0.39, 0.29) is 0 Å². The molecule has 0 bridgehead atoms. The smallest absolute Gasteiger partial charge is 0.243 e. The molecule has 1 aromatic rings. The summed E-state index contributed by atoms with van der Waals surface area (Å²) in [5.41, 5.74) is 6.38. The summed E-state index contributed by atoms with van der Waals surface area (Å²) < 4.78 is 28.4. The number of nitrogen functional groups attached to an aromatic ring is 1. The first-order valence-corrected chi connectivity index (χ1v) is 16.3. The number of rotatable bonds is 24. The second-order valence-corrected chi connectivity index (χ2v) is 12.3. The number of hydrogen-bond donors (Lipinski definition) is 1. The van der Waals surface area contributed by atoms with E-state index in [1.165, 1.54) is 103 Å². The second-order valence-electron chi connectivity index (χ2n) is 10.3. The van der Waals surface area contributed by atoms with Crippen molar-refractivity contribution in [2.24, 2.45) is 0 Å². The Labute approximate surface area is 218 Å². The van der Waals surface area contributed by atoms with E-state index in [9.17, 15) is 8.42 Å². The Kier molecular flexibility index (Phi) is 19.2. The van der Waals surface area contributed by atoms with Gasteiger partial charge in [0, 0.05) is 18.8 Å². The summed E-state index contributed by atoms with van der Waals surface area (Å²) in [4.78, 5) is 0.367. The lowest BCUT2D eigenvalue weighted by molar-refractivity contribution is 0.383. The quantitative estimate of drug-likeness (QED) is 0.112. The molecule has 0 aliphatic carbocycles. The molecule has 0 atom stereocenters. The Bertz CT molecular complexity index is 680. The summed E-state index contributed by atoms with van der Waals surface area (Å²) >= 11 is 0. The maximum atomic E-state index is 13.3. The van der Waals surface area contributed by atoms with Gasteiger partial charge in [-0.15, -0.1) is 0 Å². The molecule has 0 aliphatic rings. The zero-order chi connectivity index (χ0) is 25.6. The van der Waals surface area contributed by atoms with E-state index >= 15 is 0 Å². The van der Waals surface area contributed by atoms with Gasteiger partial charge in [-0.1, -0.05) is 129 Å². The van der Waals surface area contributed by atoms with E-state index in [2.05, 4.69) is 13.8 Å². The number of sulfonamides is 1. The molecule has 0 saturated heterocycles. The molecule has 0 heterocycles. The number of nitrogens with two attached hydrogens (primary N) is 1. The highest BCUT2D eigenvalue weighted by Crippen LogP contribution is 2.20. The number of nitrogens with zero attached hydrogens (tertiary/aromatic N) is 1. The lowest BCUT2D eigenvalue weighted by Crippen LogP contribution is -2.33. The summed E-state index contributed by atoms with van der Waals surface area (Å²) in [7, 11) is -3.46. The van der Waals surface area contributed by atoms with Crippen LogP contribution >= 0.6 is 0 Å². The molecule has 1 aromatic carbocycles. The van der Waals surface area contributed by atoms with Gasteiger partial charge in [0.2, 0.25) is 10.0 Å². The van der Waals surface area contributed by atoms with Gasteiger partial charge in [-0.25, -0.2) is 8.42 Å². The molecule has 1 rings (SSSR count).